The summed E-state index contributed by atoms with van der Waals surface area (Å²) in [5.74, 6) is 1.06. The molecule has 0 spiro atoms. The molecule has 1 N–H and O–H groups in total. The molecule has 1 aliphatic rings. The van der Waals surface area contributed by atoms with E-state index in [9.17, 15) is 0 Å². The van der Waals surface area contributed by atoms with Gasteiger partial charge >= 0.3 is 0 Å². The maximum atomic E-state index is 5.88. The standard InChI is InChI=1S/C16H25NO2/c1-13(2)18-10-6-5-9-17-12-15-11-14-7-3-4-8-16(14)19-15/h3-4,7-8,13,15,17H,5-6,9-12H2,1-2H3. The van der Waals surface area contributed by atoms with Crippen LogP contribution in [0.2, 0.25) is 0 Å². The van der Waals surface area contributed by atoms with Crippen molar-refractivity contribution < 1.29 is 9.47 Å². The molecule has 19 heavy (non-hydrogen) atoms. The van der Waals surface area contributed by atoms with Gasteiger partial charge < -0.3 is 14.8 Å². The zero-order chi connectivity index (χ0) is 13.5. The Morgan fingerprint density at radius 2 is 2.16 bits per heavy atom. The molecule has 0 aromatic heterocycles. The van der Waals surface area contributed by atoms with E-state index in [2.05, 4.69) is 37.4 Å². The van der Waals surface area contributed by atoms with E-state index in [0.717, 1.165) is 44.7 Å². The molecule has 1 aromatic carbocycles. The van der Waals surface area contributed by atoms with Gasteiger partial charge in [0, 0.05) is 19.6 Å². The molecule has 0 amide bonds. The van der Waals surface area contributed by atoms with Crippen molar-refractivity contribution in [1.29, 1.82) is 0 Å². The van der Waals surface area contributed by atoms with Gasteiger partial charge in [0.15, 0.2) is 0 Å². The van der Waals surface area contributed by atoms with E-state index in [1.807, 2.05) is 6.07 Å². The lowest BCUT2D eigenvalue weighted by atomic mass is 10.1. The number of rotatable bonds is 8. The van der Waals surface area contributed by atoms with Gasteiger partial charge in [0.25, 0.3) is 0 Å². The first-order valence-electron chi connectivity index (χ1n) is 7.32. The molecule has 0 fully saturated rings. The number of para-hydroxylation sites is 1. The second-order valence-corrected chi connectivity index (χ2v) is 5.38. The number of benzene rings is 1. The molecule has 1 aromatic rings. The molecule has 0 radical (unpaired) electrons. The van der Waals surface area contributed by atoms with Crippen LogP contribution in [0.15, 0.2) is 24.3 Å². The molecular formula is C16H25NO2. The molecule has 0 saturated heterocycles. The Morgan fingerprint density at radius 3 is 2.95 bits per heavy atom. The van der Waals surface area contributed by atoms with Crippen LogP contribution < -0.4 is 10.1 Å². The van der Waals surface area contributed by atoms with Gasteiger partial charge in [-0.3, -0.25) is 0 Å². The molecule has 0 aliphatic carbocycles. The average Bonchev–Trinajstić information content (AvgIpc) is 2.79. The highest BCUT2D eigenvalue weighted by Gasteiger charge is 2.21. The number of ether oxygens (including phenoxy) is 2. The van der Waals surface area contributed by atoms with Crippen LogP contribution in [-0.4, -0.2) is 31.9 Å². The minimum Gasteiger partial charge on any atom is -0.488 e. The lowest BCUT2D eigenvalue weighted by Gasteiger charge is -2.12. The first-order chi connectivity index (χ1) is 9.25. The minimum absolute atomic E-state index is 0.296. The first kappa shape index (κ1) is 14.4. The summed E-state index contributed by atoms with van der Waals surface area (Å²) in [5, 5.41) is 3.47. The van der Waals surface area contributed by atoms with E-state index >= 15 is 0 Å². The highest BCUT2D eigenvalue weighted by Crippen LogP contribution is 2.27. The second kappa shape index (κ2) is 7.51. The molecular weight excluding hydrogens is 238 g/mol. The summed E-state index contributed by atoms with van der Waals surface area (Å²) < 4.78 is 11.4. The third-order valence-electron chi connectivity index (χ3n) is 3.28. The van der Waals surface area contributed by atoms with Crippen molar-refractivity contribution in [1.82, 2.24) is 5.32 Å². The Morgan fingerprint density at radius 1 is 1.32 bits per heavy atom. The highest BCUT2D eigenvalue weighted by molar-refractivity contribution is 5.37. The van der Waals surface area contributed by atoms with Gasteiger partial charge in [-0.1, -0.05) is 18.2 Å². The van der Waals surface area contributed by atoms with Gasteiger partial charge in [-0.2, -0.15) is 0 Å². The van der Waals surface area contributed by atoms with Gasteiger partial charge in [-0.25, -0.2) is 0 Å². The molecule has 1 atom stereocenters. The van der Waals surface area contributed by atoms with Gasteiger partial charge in [-0.15, -0.1) is 0 Å². The molecule has 3 heteroatoms. The normalized spacial score (nSPS) is 17.5. The van der Waals surface area contributed by atoms with Gasteiger partial charge in [-0.05, 0) is 44.9 Å². The highest BCUT2D eigenvalue weighted by atomic mass is 16.5. The van der Waals surface area contributed by atoms with E-state index in [-0.39, 0.29) is 0 Å². The van der Waals surface area contributed by atoms with E-state index < -0.39 is 0 Å². The monoisotopic (exact) mass is 263 g/mol. The maximum absolute atomic E-state index is 5.88. The lowest BCUT2D eigenvalue weighted by Crippen LogP contribution is -2.30. The third-order valence-corrected chi connectivity index (χ3v) is 3.28. The predicted molar refractivity (Wildman–Crippen MR) is 77.8 cm³/mol. The molecule has 1 unspecified atom stereocenters. The summed E-state index contributed by atoms with van der Waals surface area (Å²) in [7, 11) is 0. The summed E-state index contributed by atoms with van der Waals surface area (Å²) in [4.78, 5) is 0. The summed E-state index contributed by atoms with van der Waals surface area (Å²) >= 11 is 0. The topological polar surface area (TPSA) is 30.5 Å². The maximum Gasteiger partial charge on any atom is 0.123 e. The zero-order valence-electron chi connectivity index (χ0n) is 12.0. The van der Waals surface area contributed by atoms with E-state index in [4.69, 9.17) is 9.47 Å². The number of fused-ring (bicyclic) bond motifs is 1. The van der Waals surface area contributed by atoms with E-state index in [0.29, 0.717) is 12.2 Å². The Balaban J connectivity index is 1.52. The fourth-order valence-corrected chi connectivity index (χ4v) is 2.30. The summed E-state index contributed by atoms with van der Waals surface area (Å²) in [6.07, 6.45) is 3.95. The molecule has 106 valence electrons. The summed E-state index contributed by atoms with van der Waals surface area (Å²) in [6.45, 7) is 6.99. The smallest absolute Gasteiger partial charge is 0.123 e. The summed E-state index contributed by atoms with van der Waals surface area (Å²) in [5.41, 5.74) is 1.33. The van der Waals surface area contributed by atoms with Gasteiger partial charge in [0.05, 0.1) is 6.10 Å². The Labute approximate surface area is 116 Å². The Hall–Kier alpha value is -1.06. The van der Waals surface area contributed by atoms with Gasteiger partial charge in [0.2, 0.25) is 0 Å². The van der Waals surface area contributed by atoms with Crippen molar-refractivity contribution in [2.45, 2.75) is 45.3 Å². The average molecular weight is 263 g/mol. The molecule has 0 bridgehead atoms. The van der Waals surface area contributed by atoms with Crippen molar-refractivity contribution in [3.8, 4) is 5.75 Å². The molecule has 0 saturated carbocycles. The van der Waals surface area contributed by atoms with Crippen molar-refractivity contribution >= 4 is 0 Å². The quantitative estimate of drug-likeness (QED) is 0.732. The predicted octanol–water partition coefficient (Wildman–Crippen LogP) is 2.78. The van der Waals surface area contributed by atoms with Crippen molar-refractivity contribution in [3.05, 3.63) is 29.8 Å². The fraction of sp³-hybridized carbons (Fsp3) is 0.625. The van der Waals surface area contributed by atoms with E-state index in [1.54, 1.807) is 0 Å². The molecule has 1 heterocycles. The summed E-state index contributed by atoms with van der Waals surface area (Å²) in [6, 6.07) is 8.31. The van der Waals surface area contributed by atoms with Gasteiger partial charge in [0.1, 0.15) is 11.9 Å². The van der Waals surface area contributed by atoms with Crippen LogP contribution in [0.3, 0.4) is 0 Å². The van der Waals surface area contributed by atoms with Crippen molar-refractivity contribution in [2.75, 3.05) is 19.7 Å². The number of nitrogens with one attached hydrogen (secondary N) is 1. The number of unbranched alkanes of at least 4 members (excludes halogenated alkanes) is 1. The Bertz CT molecular complexity index is 354. The zero-order valence-corrected chi connectivity index (χ0v) is 12.0. The second-order valence-electron chi connectivity index (χ2n) is 5.38. The fourth-order valence-electron chi connectivity index (χ4n) is 2.30. The number of hydrogen-bond donors (Lipinski definition) is 1. The van der Waals surface area contributed by atoms with Crippen LogP contribution in [0.4, 0.5) is 0 Å². The van der Waals surface area contributed by atoms with Crippen molar-refractivity contribution in [2.24, 2.45) is 0 Å². The van der Waals surface area contributed by atoms with Crippen LogP contribution in [0.1, 0.15) is 32.3 Å². The van der Waals surface area contributed by atoms with Crippen LogP contribution in [-0.2, 0) is 11.2 Å². The number of hydrogen-bond acceptors (Lipinski definition) is 3. The SMILES string of the molecule is CC(C)OCCCCNCC1Cc2ccccc2O1. The van der Waals surface area contributed by atoms with E-state index in [1.165, 1.54) is 5.56 Å². The van der Waals surface area contributed by atoms with Crippen LogP contribution >= 0.6 is 0 Å². The third kappa shape index (κ3) is 4.84. The largest absolute Gasteiger partial charge is 0.488 e. The van der Waals surface area contributed by atoms with Crippen LogP contribution in [0, 0.1) is 0 Å². The first-order valence-corrected chi connectivity index (χ1v) is 7.32. The molecule has 2 rings (SSSR count). The van der Waals surface area contributed by atoms with Crippen LogP contribution in [0.25, 0.3) is 0 Å². The Kier molecular flexibility index (Phi) is 5.67. The van der Waals surface area contributed by atoms with Crippen molar-refractivity contribution in [3.63, 3.8) is 0 Å². The van der Waals surface area contributed by atoms with Crippen LogP contribution in [0.5, 0.6) is 5.75 Å². The molecule has 1 aliphatic heterocycles. The molecule has 3 nitrogen and oxygen atoms in total. The minimum atomic E-state index is 0.296. The lowest BCUT2D eigenvalue weighted by molar-refractivity contribution is 0.0759.